The van der Waals surface area contributed by atoms with Gasteiger partial charge in [-0.1, -0.05) is 86.4 Å². The monoisotopic (exact) mass is 800 g/mol. The van der Waals surface area contributed by atoms with E-state index < -0.39 is 14.0 Å². The largest absolute Gasteiger partial charge is 0.305 e. The van der Waals surface area contributed by atoms with Crippen LogP contribution < -0.4 is 5.19 Å². The van der Waals surface area contributed by atoms with Crippen LogP contribution in [0.5, 0.6) is 0 Å². The van der Waals surface area contributed by atoms with Gasteiger partial charge in [0.2, 0.25) is 0 Å². The van der Waals surface area contributed by atoms with Crippen LogP contribution in [0.15, 0.2) is 97.3 Å². The maximum absolute atomic E-state index is 8.36. The van der Waals surface area contributed by atoms with E-state index in [9.17, 15) is 0 Å². The molecule has 229 valence electrons. The van der Waals surface area contributed by atoms with Crippen molar-refractivity contribution in [2.45, 2.75) is 53.2 Å². The zero-order valence-electron chi connectivity index (χ0n) is 27.9. The molecule has 5 heteroatoms. The SMILES string of the molecule is Cc1cc(-c2[c-]cccc2)ncc1[Si](C)(C)C.[2H]C(C)(C)c1ccnc(-c2[c-]ccc3c2sc2cc(C)c4ccccc4c23)c1.[Ir]. The number of aromatic nitrogens is 2. The average Bonchev–Trinajstić information content (AvgIpc) is 3.39. The van der Waals surface area contributed by atoms with E-state index in [1.54, 1.807) is 6.20 Å². The number of pyridine rings is 2. The first-order valence-electron chi connectivity index (χ1n) is 15.6. The summed E-state index contributed by atoms with van der Waals surface area (Å²) in [5, 5.41) is 6.61. The second-order valence-corrected chi connectivity index (χ2v) is 18.7. The molecule has 0 fully saturated rings. The van der Waals surface area contributed by atoms with Gasteiger partial charge in [-0.2, -0.15) is 11.3 Å². The van der Waals surface area contributed by atoms with Crippen molar-refractivity contribution < 1.29 is 21.5 Å². The van der Waals surface area contributed by atoms with Gasteiger partial charge in [0.1, 0.15) is 0 Å². The summed E-state index contributed by atoms with van der Waals surface area (Å²) >= 11 is 1.81. The first-order chi connectivity index (χ1) is 21.4. The van der Waals surface area contributed by atoms with E-state index in [1.165, 1.54) is 47.3 Å². The Bertz CT molecular complexity index is 2160. The summed E-state index contributed by atoms with van der Waals surface area (Å²) in [5.74, 6) is -0.654. The predicted molar refractivity (Wildman–Crippen MR) is 194 cm³/mol. The van der Waals surface area contributed by atoms with Crippen molar-refractivity contribution in [1.29, 1.82) is 0 Å². The summed E-state index contributed by atoms with van der Waals surface area (Å²) in [6.45, 7) is 15.2. The Hall–Kier alpha value is -3.47. The zero-order chi connectivity index (χ0) is 31.9. The molecule has 0 atom stereocenters. The minimum Gasteiger partial charge on any atom is -0.305 e. The first-order valence-corrected chi connectivity index (χ1v) is 19.4. The summed E-state index contributed by atoms with van der Waals surface area (Å²) in [5.41, 5.74) is 7.61. The number of benzene rings is 4. The summed E-state index contributed by atoms with van der Waals surface area (Å²) in [6.07, 6.45) is 3.86. The van der Waals surface area contributed by atoms with Crippen LogP contribution >= 0.6 is 11.3 Å². The quantitative estimate of drug-likeness (QED) is 0.131. The molecular weight excluding hydrogens is 761 g/mol. The fraction of sp³-hybridized carbons (Fsp3) is 0.200. The molecule has 4 aromatic carbocycles. The van der Waals surface area contributed by atoms with Crippen molar-refractivity contribution in [2.24, 2.45) is 0 Å². The predicted octanol–water partition coefficient (Wildman–Crippen LogP) is 10.9. The molecule has 45 heavy (non-hydrogen) atoms. The Labute approximate surface area is 287 Å². The molecule has 0 amide bonds. The summed E-state index contributed by atoms with van der Waals surface area (Å²) < 4.78 is 10.9. The van der Waals surface area contributed by atoms with Crippen molar-refractivity contribution in [3.8, 4) is 22.5 Å². The summed E-state index contributed by atoms with van der Waals surface area (Å²) in [7, 11) is -1.27. The van der Waals surface area contributed by atoms with Crippen LogP contribution in [0.4, 0.5) is 0 Å². The summed E-state index contributed by atoms with van der Waals surface area (Å²) in [4.78, 5) is 9.20. The Morgan fingerprint density at radius 2 is 1.53 bits per heavy atom. The number of fused-ring (bicyclic) bond motifs is 5. The van der Waals surface area contributed by atoms with Gasteiger partial charge >= 0.3 is 0 Å². The van der Waals surface area contributed by atoms with Gasteiger partial charge in [-0.25, -0.2) is 0 Å². The van der Waals surface area contributed by atoms with Crippen LogP contribution in [0, 0.1) is 26.0 Å². The molecule has 0 bridgehead atoms. The van der Waals surface area contributed by atoms with E-state index in [1.807, 2.05) is 61.6 Å². The minimum atomic E-state index is -1.27. The van der Waals surface area contributed by atoms with Gasteiger partial charge in [0.15, 0.2) is 0 Å². The van der Waals surface area contributed by atoms with Crippen LogP contribution in [0.25, 0.3) is 53.5 Å². The molecule has 0 spiro atoms. The molecular formula is C40H38IrN2SSi-2. The zero-order valence-corrected chi connectivity index (χ0v) is 31.1. The number of thiophene rings is 1. The first kappa shape index (κ1) is 31.5. The number of hydrogen-bond donors (Lipinski definition) is 0. The van der Waals surface area contributed by atoms with Gasteiger partial charge in [-0.3, -0.25) is 0 Å². The topological polar surface area (TPSA) is 25.8 Å². The Kier molecular flexibility index (Phi) is 9.44. The third-order valence-electron chi connectivity index (χ3n) is 8.14. The van der Waals surface area contributed by atoms with Gasteiger partial charge in [-0.05, 0) is 74.9 Å². The number of nitrogens with zero attached hydrogens (tertiary/aromatic N) is 2. The summed E-state index contributed by atoms with van der Waals surface area (Å²) in [6, 6.07) is 35.9. The minimum absolute atomic E-state index is 0. The third kappa shape index (κ3) is 6.73. The van der Waals surface area contributed by atoms with Crippen LogP contribution in [0.3, 0.4) is 0 Å². The molecule has 7 aromatic rings. The molecule has 2 nitrogen and oxygen atoms in total. The number of hydrogen-bond acceptors (Lipinski definition) is 3. The third-order valence-corrected chi connectivity index (χ3v) is 11.5. The fourth-order valence-corrected chi connectivity index (χ4v) is 8.92. The maximum Gasteiger partial charge on any atom is 0.0798 e. The second-order valence-electron chi connectivity index (χ2n) is 12.7. The van der Waals surface area contributed by atoms with E-state index in [-0.39, 0.29) is 20.1 Å². The van der Waals surface area contributed by atoms with Gasteiger partial charge in [0.05, 0.1) is 8.07 Å². The second kappa shape index (κ2) is 13.5. The molecule has 7 rings (SSSR count). The van der Waals surface area contributed by atoms with Crippen molar-refractivity contribution in [1.82, 2.24) is 9.97 Å². The molecule has 0 aliphatic rings. The van der Waals surface area contributed by atoms with E-state index in [2.05, 4.69) is 110 Å². The van der Waals surface area contributed by atoms with Gasteiger partial charge < -0.3 is 9.97 Å². The van der Waals surface area contributed by atoms with Gasteiger partial charge in [-0.15, -0.1) is 59.7 Å². The molecule has 3 heterocycles. The molecule has 0 saturated heterocycles. The van der Waals surface area contributed by atoms with Gasteiger partial charge in [0, 0.05) is 38.6 Å². The van der Waals surface area contributed by atoms with Crippen LogP contribution in [-0.2, 0) is 20.1 Å². The van der Waals surface area contributed by atoms with Crippen LogP contribution in [0.1, 0.15) is 37.8 Å². The molecule has 1 radical (unpaired) electrons. The molecule has 0 N–H and O–H groups in total. The van der Waals surface area contributed by atoms with E-state index >= 15 is 0 Å². The Morgan fingerprint density at radius 1 is 0.778 bits per heavy atom. The molecule has 0 saturated carbocycles. The van der Waals surface area contributed by atoms with Crippen molar-refractivity contribution in [2.75, 3.05) is 0 Å². The fourth-order valence-electron chi connectivity index (χ4n) is 5.89. The molecule has 3 aromatic heterocycles. The van der Waals surface area contributed by atoms with Crippen molar-refractivity contribution in [3.05, 3.63) is 126 Å². The van der Waals surface area contributed by atoms with Crippen molar-refractivity contribution in [3.63, 3.8) is 0 Å². The Morgan fingerprint density at radius 3 is 2.22 bits per heavy atom. The molecule has 0 aliphatic carbocycles. The number of aryl methyl sites for hydroxylation is 2. The van der Waals surface area contributed by atoms with E-state index in [0.717, 1.165) is 28.1 Å². The van der Waals surface area contributed by atoms with Crippen LogP contribution in [-0.4, -0.2) is 18.0 Å². The van der Waals surface area contributed by atoms with Gasteiger partial charge in [0.25, 0.3) is 0 Å². The maximum atomic E-state index is 8.36. The smallest absolute Gasteiger partial charge is 0.0798 e. The van der Waals surface area contributed by atoms with Crippen molar-refractivity contribution >= 4 is 55.5 Å². The molecule has 0 aliphatic heterocycles. The average molecular weight is 800 g/mol. The van der Waals surface area contributed by atoms with E-state index in [4.69, 9.17) is 1.37 Å². The normalized spacial score (nSPS) is 12.0. The number of rotatable bonds is 4. The van der Waals surface area contributed by atoms with Crippen LogP contribution in [0.2, 0.25) is 19.6 Å². The van der Waals surface area contributed by atoms with E-state index in [0.29, 0.717) is 0 Å². The standard InChI is InChI=1S/C25H20NS.C15H18NSi.Ir/c1-15(2)17-11-12-26-22(14-17)20-9-6-10-21-24-19-8-5-4-7-18(19)16(3)13-23(24)27-25(20)21;1-12-10-14(13-8-6-5-7-9-13)16-11-15(12)17(2,3)4;/h4-8,10-15H,1-3H3;5-8,10-11H,1-4H3;/q2*-1;/i15D;;. The Balaban J connectivity index is 0.000000200. The molecule has 0 unspecified atom stereocenters.